The highest BCUT2D eigenvalue weighted by Gasteiger charge is 2.29. The molecule has 0 aromatic carbocycles. The van der Waals surface area contributed by atoms with Gasteiger partial charge in [-0.15, -0.1) is 0 Å². The van der Waals surface area contributed by atoms with Crippen LogP contribution in [0.15, 0.2) is 12.1 Å². The highest BCUT2D eigenvalue weighted by molar-refractivity contribution is 6.32. The molecule has 0 amide bonds. The van der Waals surface area contributed by atoms with E-state index in [0.717, 1.165) is 31.2 Å². The van der Waals surface area contributed by atoms with Crippen molar-refractivity contribution in [3.8, 4) is 0 Å². The highest BCUT2D eigenvalue weighted by Crippen LogP contribution is 2.24. The maximum Gasteiger partial charge on any atom is 0.310 e. The zero-order chi connectivity index (χ0) is 13.8. The molecule has 0 spiro atoms. The fourth-order valence-corrected chi connectivity index (χ4v) is 2.82. The minimum atomic E-state index is -0.240. The fourth-order valence-electron chi connectivity index (χ4n) is 2.31. The Labute approximate surface area is 122 Å². The van der Waals surface area contributed by atoms with Crippen LogP contribution in [0.1, 0.15) is 31.2 Å². The predicted molar refractivity (Wildman–Crippen MR) is 74.0 cm³/mol. The second-order valence-electron chi connectivity index (χ2n) is 4.78. The van der Waals surface area contributed by atoms with E-state index in [-0.39, 0.29) is 34.8 Å². The van der Waals surface area contributed by atoms with Gasteiger partial charge in [-0.1, -0.05) is 36.0 Å². The number of nitrogens with zero attached hydrogens (tertiary/aromatic N) is 1. The molecule has 0 bridgehead atoms. The van der Waals surface area contributed by atoms with E-state index in [9.17, 15) is 4.79 Å². The average molecular weight is 303 g/mol. The summed E-state index contributed by atoms with van der Waals surface area (Å²) < 4.78 is 5.28. The minimum absolute atomic E-state index is 0.0918. The molecule has 1 aliphatic carbocycles. The first kappa shape index (κ1) is 14.6. The number of esters is 1. The molecule has 2 rings (SSSR count). The smallest absolute Gasteiger partial charge is 0.310 e. The van der Waals surface area contributed by atoms with E-state index in [4.69, 9.17) is 33.7 Å². The summed E-state index contributed by atoms with van der Waals surface area (Å²) in [7, 11) is 0. The van der Waals surface area contributed by atoms with Crippen LogP contribution in [0.4, 0.5) is 0 Å². The summed E-state index contributed by atoms with van der Waals surface area (Å²) in [5.41, 5.74) is 6.67. The molecule has 1 heterocycles. The second-order valence-corrected chi connectivity index (χ2v) is 5.56. The third-order valence-electron chi connectivity index (χ3n) is 3.33. The summed E-state index contributed by atoms with van der Waals surface area (Å²) in [5, 5.41) is 0.570. The molecule has 2 N–H and O–H groups in total. The van der Waals surface area contributed by atoms with Crippen LogP contribution in [-0.4, -0.2) is 17.0 Å². The van der Waals surface area contributed by atoms with Crippen LogP contribution >= 0.6 is 23.2 Å². The molecule has 19 heavy (non-hydrogen) atoms. The number of pyridine rings is 1. The number of ether oxygens (including phenoxy) is 1. The molecule has 1 aliphatic rings. The molecule has 1 aromatic heterocycles. The Morgan fingerprint density at radius 2 is 1.95 bits per heavy atom. The lowest BCUT2D eigenvalue weighted by atomic mass is 9.85. The van der Waals surface area contributed by atoms with Crippen LogP contribution in [0.25, 0.3) is 0 Å². The summed E-state index contributed by atoms with van der Waals surface area (Å²) in [6, 6.07) is 3.16. The van der Waals surface area contributed by atoms with Crippen molar-refractivity contribution in [2.45, 2.75) is 38.3 Å². The molecule has 1 saturated carbocycles. The van der Waals surface area contributed by atoms with Gasteiger partial charge < -0.3 is 10.5 Å². The Kier molecular flexibility index (Phi) is 5.02. The van der Waals surface area contributed by atoms with E-state index >= 15 is 0 Å². The topological polar surface area (TPSA) is 65.2 Å². The summed E-state index contributed by atoms with van der Waals surface area (Å²) >= 11 is 11.6. The average Bonchev–Trinajstić information content (AvgIpc) is 2.35. The van der Waals surface area contributed by atoms with Crippen molar-refractivity contribution in [3.63, 3.8) is 0 Å². The first-order chi connectivity index (χ1) is 9.06. The van der Waals surface area contributed by atoms with Gasteiger partial charge in [-0.25, -0.2) is 4.98 Å². The van der Waals surface area contributed by atoms with Crippen LogP contribution in [0.5, 0.6) is 0 Å². The number of carbonyl (C=O) groups is 1. The Balaban J connectivity index is 1.92. The van der Waals surface area contributed by atoms with Crippen LogP contribution in [0.3, 0.4) is 0 Å². The quantitative estimate of drug-likeness (QED) is 0.688. The SMILES string of the molecule is N[C@@H]1CCCC[C@H]1C(=O)OCc1cc(Cl)nc(Cl)c1. The summed E-state index contributed by atoms with van der Waals surface area (Å²) in [6.45, 7) is 0.143. The van der Waals surface area contributed by atoms with Crippen molar-refractivity contribution in [2.75, 3.05) is 0 Å². The van der Waals surface area contributed by atoms with Gasteiger partial charge >= 0.3 is 5.97 Å². The second kappa shape index (κ2) is 6.55. The van der Waals surface area contributed by atoms with Gasteiger partial charge in [-0.05, 0) is 30.5 Å². The van der Waals surface area contributed by atoms with Crippen LogP contribution < -0.4 is 5.73 Å². The van der Waals surface area contributed by atoms with Crippen molar-refractivity contribution >= 4 is 29.2 Å². The standard InChI is InChI=1S/C13H16Cl2N2O2/c14-11-5-8(6-12(15)17-11)7-19-13(18)9-3-1-2-4-10(9)16/h5-6,9-10H,1-4,7,16H2/t9-,10-/m1/s1. The monoisotopic (exact) mass is 302 g/mol. The Hall–Kier alpha value is -0.840. The normalized spacial score (nSPS) is 23.1. The van der Waals surface area contributed by atoms with Crippen molar-refractivity contribution < 1.29 is 9.53 Å². The minimum Gasteiger partial charge on any atom is -0.461 e. The van der Waals surface area contributed by atoms with E-state index in [1.807, 2.05) is 0 Å². The van der Waals surface area contributed by atoms with E-state index in [1.54, 1.807) is 12.1 Å². The number of halogens is 2. The molecule has 0 aliphatic heterocycles. The third kappa shape index (κ3) is 4.06. The number of hydrogen-bond donors (Lipinski definition) is 1. The number of hydrogen-bond acceptors (Lipinski definition) is 4. The van der Waals surface area contributed by atoms with Crippen molar-refractivity contribution in [1.82, 2.24) is 4.98 Å². The summed E-state index contributed by atoms with van der Waals surface area (Å²) in [6.07, 6.45) is 3.80. The first-order valence-corrected chi connectivity index (χ1v) is 7.06. The maximum absolute atomic E-state index is 12.0. The largest absolute Gasteiger partial charge is 0.461 e. The molecule has 1 fully saturated rings. The van der Waals surface area contributed by atoms with Gasteiger partial charge in [-0.3, -0.25) is 4.79 Å². The lowest BCUT2D eigenvalue weighted by molar-refractivity contribution is -0.151. The zero-order valence-electron chi connectivity index (χ0n) is 10.4. The Morgan fingerprint density at radius 1 is 1.32 bits per heavy atom. The number of aromatic nitrogens is 1. The molecule has 104 valence electrons. The number of nitrogens with two attached hydrogens (primary N) is 1. The van der Waals surface area contributed by atoms with Gasteiger partial charge in [0.2, 0.25) is 0 Å². The summed E-state index contributed by atoms with van der Waals surface area (Å²) in [5.74, 6) is -0.433. The first-order valence-electron chi connectivity index (χ1n) is 6.30. The molecule has 0 unspecified atom stereocenters. The molecule has 1 aromatic rings. The van der Waals surface area contributed by atoms with Crippen LogP contribution in [0.2, 0.25) is 10.3 Å². The van der Waals surface area contributed by atoms with Crippen LogP contribution in [-0.2, 0) is 16.1 Å². The highest BCUT2D eigenvalue weighted by atomic mass is 35.5. The van der Waals surface area contributed by atoms with Crippen LogP contribution in [0, 0.1) is 5.92 Å². The zero-order valence-corrected chi connectivity index (χ0v) is 12.0. The molecular formula is C13H16Cl2N2O2. The third-order valence-corrected chi connectivity index (χ3v) is 3.71. The molecule has 0 radical (unpaired) electrons. The van der Waals surface area contributed by atoms with Gasteiger partial charge in [0.05, 0.1) is 5.92 Å². The summed E-state index contributed by atoms with van der Waals surface area (Å²) in [4.78, 5) is 15.8. The Morgan fingerprint density at radius 3 is 2.58 bits per heavy atom. The van der Waals surface area contributed by atoms with E-state index in [1.165, 1.54) is 0 Å². The molecule has 6 heteroatoms. The van der Waals surface area contributed by atoms with E-state index in [2.05, 4.69) is 4.98 Å². The number of rotatable bonds is 3. The maximum atomic E-state index is 12.0. The fraction of sp³-hybridized carbons (Fsp3) is 0.538. The van der Waals surface area contributed by atoms with Gasteiger partial charge in [-0.2, -0.15) is 0 Å². The van der Waals surface area contributed by atoms with E-state index < -0.39 is 0 Å². The predicted octanol–water partition coefficient (Wildman–Crippen LogP) is 2.95. The molecule has 2 atom stereocenters. The molecular weight excluding hydrogens is 287 g/mol. The number of carbonyl (C=O) groups excluding carboxylic acids is 1. The van der Waals surface area contributed by atoms with Gasteiger partial charge in [0.25, 0.3) is 0 Å². The van der Waals surface area contributed by atoms with Gasteiger partial charge in [0.15, 0.2) is 0 Å². The Bertz CT molecular complexity index is 448. The lowest BCUT2D eigenvalue weighted by Gasteiger charge is -2.26. The molecule has 0 saturated heterocycles. The van der Waals surface area contributed by atoms with Crippen molar-refractivity contribution in [2.24, 2.45) is 11.7 Å². The van der Waals surface area contributed by atoms with Gasteiger partial charge in [0, 0.05) is 6.04 Å². The van der Waals surface area contributed by atoms with E-state index in [0.29, 0.717) is 0 Å². The molecule has 4 nitrogen and oxygen atoms in total. The van der Waals surface area contributed by atoms with Crippen molar-refractivity contribution in [3.05, 3.63) is 28.0 Å². The van der Waals surface area contributed by atoms with Gasteiger partial charge in [0.1, 0.15) is 16.9 Å². The lowest BCUT2D eigenvalue weighted by Crippen LogP contribution is -2.38. The van der Waals surface area contributed by atoms with Crippen molar-refractivity contribution in [1.29, 1.82) is 0 Å².